The van der Waals surface area contributed by atoms with Gasteiger partial charge in [-0.15, -0.1) is 0 Å². The van der Waals surface area contributed by atoms with Gasteiger partial charge in [0.05, 0.1) is 91.0 Å². The molecule has 1 unspecified atom stereocenters. The summed E-state index contributed by atoms with van der Waals surface area (Å²) in [6.45, 7) is 7.13. The van der Waals surface area contributed by atoms with Crippen LogP contribution in [0.15, 0.2) is 0 Å². The van der Waals surface area contributed by atoms with Crippen molar-refractivity contribution in [1.82, 2.24) is 5.32 Å². The van der Waals surface area contributed by atoms with Gasteiger partial charge in [0.15, 0.2) is 0 Å². The number of Topliss-reactive ketones (excluding diaryl/α,β-unsaturated/α-hetero) is 1. The second kappa shape index (κ2) is 23.9. The van der Waals surface area contributed by atoms with E-state index in [4.69, 9.17) is 33.5 Å². The van der Waals surface area contributed by atoms with E-state index in [-0.39, 0.29) is 18.1 Å². The van der Waals surface area contributed by atoms with E-state index >= 15 is 0 Å². The smallest absolute Gasteiger partial charge is 0.305 e. The minimum atomic E-state index is -0.999. The minimum absolute atomic E-state index is 0.115. The third-order valence-corrected chi connectivity index (χ3v) is 4.89. The highest BCUT2D eigenvalue weighted by molar-refractivity contribution is 7.99. The second-order valence-electron chi connectivity index (χ2n) is 6.74. The molecule has 11 nitrogen and oxygen atoms in total. The van der Waals surface area contributed by atoms with Crippen LogP contribution in [-0.4, -0.2) is 120 Å². The maximum absolute atomic E-state index is 11.8. The van der Waals surface area contributed by atoms with Crippen molar-refractivity contribution in [3.05, 3.63) is 0 Å². The predicted molar refractivity (Wildman–Crippen MR) is 123 cm³/mol. The van der Waals surface area contributed by atoms with Crippen molar-refractivity contribution in [2.75, 3.05) is 92.1 Å². The maximum atomic E-state index is 11.8. The Kier molecular flexibility index (Phi) is 22.9. The Morgan fingerprint density at radius 1 is 0.727 bits per heavy atom. The number of nitrogens with one attached hydrogen (secondary N) is 1. The fourth-order valence-corrected chi connectivity index (χ4v) is 2.83. The summed E-state index contributed by atoms with van der Waals surface area (Å²) in [4.78, 5) is 33.2. The van der Waals surface area contributed by atoms with E-state index in [2.05, 4.69) is 5.32 Å². The molecule has 0 rings (SSSR count). The zero-order chi connectivity index (χ0) is 24.6. The van der Waals surface area contributed by atoms with E-state index in [0.717, 1.165) is 0 Å². The molecule has 0 bridgehead atoms. The van der Waals surface area contributed by atoms with Crippen molar-refractivity contribution >= 4 is 29.4 Å². The van der Waals surface area contributed by atoms with E-state index in [0.29, 0.717) is 92.2 Å². The van der Waals surface area contributed by atoms with Gasteiger partial charge >= 0.3 is 5.97 Å². The van der Waals surface area contributed by atoms with Gasteiger partial charge in [-0.1, -0.05) is 0 Å². The van der Waals surface area contributed by atoms with Crippen LogP contribution in [0.4, 0.5) is 0 Å². The number of thioether (sulfide) groups is 1. The molecular formula is C21H39NO10S. The molecule has 2 N–H and O–H groups in total. The zero-order valence-electron chi connectivity index (χ0n) is 19.7. The highest BCUT2D eigenvalue weighted by atomic mass is 32.2. The van der Waals surface area contributed by atoms with Crippen LogP contribution >= 0.6 is 11.8 Å². The number of amides is 1. The summed E-state index contributed by atoms with van der Waals surface area (Å²) >= 11 is 1.21. The molecule has 1 amide bonds. The molecule has 194 valence electrons. The van der Waals surface area contributed by atoms with Crippen molar-refractivity contribution in [2.45, 2.75) is 25.0 Å². The molecule has 0 aromatic carbocycles. The molecule has 0 aliphatic carbocycles. The summed E-state index contributed by atoms with van der Waals surface area (Å²) in [5.74, 6) is -1.19. The van der Waals surface area contributed by atoms with Crippen LogP contribution in [0.1, 0.15) is 19.8 Å². The molecule has 12 heteroatoms. The van der Waals surface area contributed by atoms with Crippen molar-refractivity contribution in [1.29, 1.82) is 0 Å². The van der Waals surface area contributed by atoms with Crippen molar-refractivity contribution in [2.24, 2.45) is 0 Å². The largest absolute Gasteiger partial charge is 0.481 e. The average molecular weight is 498 g/mol. The number of aliphatic carboxylic acids is 1. The Morgan fingerprint density at radius 2 is 1.12 bits per heavy atom. The van der Waals surface area contributed by atoms with Crippen LogP contribution in [0.3, 0.4) is 0 Å². The van der Waals surface area contributed by atoms with Gasteiger partial charge in [-0.25, -0.2) is 0 Å². The highest BCUT2D eigenvalue weighted by Crippen LogP contribution is 2.10. The molecular weight excluding hydrogens is 458 g/mol. The van der Waals surface area contributed by atoms with Gasteiger partial charge in [0, 0.05) is 13.0 Å². The maximum Gasteiger partial charge on any atom is 0.305 e. The fraction of sp³-hybridized carbons (Fsp3) is 0.857. The highest BCUT2D eigenvalue weighted by Gasteiger charge is 2.19. The number of rotatable bonds is 25. The van der Waals surface area contributed by atoms with Gasteiger partial charge in [-0.05, 0) is 13.2 Å². The molecule has 1 atom stereocenters. The summed E-state index contributed by atoms with van der Waals surface area (Å²) in [5.41, 5.74) is 0. The molecule has 0 fully saturated rings. The van der Waals surface area contributed by atoms with E-state index in [9.17, 15) is 14.4 Å². The average Bonchev–Trinajstić information content (AvgIpc) is 2.77. The number of ether oxygens (including phenoxy) is 6. The lowest BCUT2D eigenvalue weighted by Crippen LogP contribution is -2.36. The van der Waals surface area contributed by atoms with Gasteiger partial charge in [-0.3, -0.25) is 14.4 Å². The predicted octanol–water partition coefficient (Wildman–Crippen LogP) is 0.388. The first kappa shape index (κ1) is 31.7. The molecule has 0 aliphatic rings. The van der Waals surface area contributed by atoms with Gasteiger partial charge in [0.1, 0.15) is 5.78 Å². The van der Waals surface area contributed by atoms with E-state index in [1.54, 1.807) is 6.26 Å². The Morgan fingerprint density at radius 3 is 1.48 bits per heavy atom. The van der Waals surface area contributed by atoms with E-state index in [1.807, 2.05) is 0 Å². The summed E-state index contributed by atoms with van der Waals surface area (Å²) in [6, 6.07) is 0. The summed E-state index contributed by atoms with van der Waals surface area (Å²) in [7, 11) is 0. The van der Waals surface area contributed by atoms with Crippen molar-refractivity contribution in [3.8, 4) is 0 Å². The molecule has 0 aliphatic heterocycles. The van der Waals surface area contributed by atoms with Gasteiger partial charge in [0.25, 0.3) is 0 Å². The lowest BCUT2D eigenvalue weighted by atomic mass is 10.3. The van der Waals surface area contributed by atoms with Gasteiger partial charge in [0.2, 0.25) is 5.91 Å². The van der Waals surface area contributed by atoms with E-state index in [1.165, 1.54) is 18.7 Å². The quantitative estimate of drug-likeness (QED) is 0.169. The van der Waals surface area contributed by atoms with Crippen molar-refractivity contribution in [3.63, 3.8) is 0 Å². The number of hydrogen-bond donors (Lipinski definition) is 2. The molecule has 0 radical (unpaired) electrons. The summed E-state index contributed by atoms with van der Waals surface area (Å²) < 4.78 is 32.1. The number of carbonyl (C=O) groups is 3. The van der Waals surface area contributed by atoms with Crippen molar-refractivity contribution < 1.29 is 47.9 Å². The number of carboxylic acids is 1. The van der Waals surface area contributed by atoms with Crippen LogP contribution < -0.4 is 5.32 Å². The Bertz CT molecular complexity index is 509. The van der Waals surface area contributed by atoms with Crippen LogP contribution in [0.5, 0.6) is 0 Å². The summed E-state index contributed by atoms with van der Waals surface area (Å²) in [6.07, 6.45) is 1.93. The second-order valence-corrected chi connectivity index (χ2v) is 7.78. The molecule has 0 heterocycles. The number of hydrogen-bond acceptors (Lipinski definition) is 10. The molecule has 0 saturated heterocycles. The Hall–Kier alpha value is -1.28. The lowest BCUT2D eigenvalue weighted by Gasteiger charge is -2.12. The molecule has 33 heavy (non-hydrogen) atoms. The third kappa shape index (κ3) is 23.7. The zero-order valence-corrected chi connectivity index (χ0v) is 20.5. The van der Waals surface area contributed by atoms with Gasteiger partial charge < -0.3 is 38.8 Å². The standard InChI is InChI=1S/C21H39NO10S/c1-18(23)3-5-27-7-9-29-11-13-31-15-16-32-14-12-30-10-8-28-6-4-22-21(26)19(33-2)17-20(24)25/h19H,3-17H2,1-2H3,(H,22,26)(H,24,25). The first-order valence-electron chi connectivity index (χ1n) is 11.0. The molecule has 0 aromatic rings. The topological polar surface area (TPSA) is 139 Å². The van der Waals surface area contributed by atoms with Crippen LogP contribution in [0.25, 0.3) is 0 Å². The van der Waals surface area contributed by atoms with Crippen LogP contribution in [0.2, 0.25) is 0 Å². The first-order valence-corrected chi connectivity index (χ1v) is 12.2. The number of carbonyl (C=O) groups excluding carboxylic acids is 2. The lowest BCUT2D eigenvalue weighted by molar-refractivity contribution is -0.138. The molecule has 0 spiro atoms. The van der Waals surface area contributed by atoms with Crippen LogP contribution in [-0.2, 0) is 42.8 Å². The normalized spacial score (nSPS) is 11.9. The monoisotopic (exact) mass is 497 g/mol. The first-order chi connectivity index (χ1) is 16.0. The Labute approximate surface area is 200 Å². The summed E-state index contributed by atoms with van der Waals surface area (Å²) in [5, 5.41) is 10.8. The number of ketones is 1. The Balaban J connectivity index is 3.23. The molecule has 0 saturated carbocycles. The third-order valence-electron chi connectivity index (χ3n) is 3.94. The van der Waals surface area contributed by atoms with E-state index < -0.39 is 11.2 Å². The fourth-order valence-electron chi connectivity index (χ4n) is 2.22. The number of carboxylic acid groups (broad SMARTS) is 1. The van der Waals surface area contributed by atoms with Gasteiger partial charge in [-0.2, -0.15) is 11.8 Å². The van der Waals surface area contributed by atoms with Crippen LogP contribution in [0, 0.1) is 0 Å². The minimum Gasteiger partial charge on any atom is -0.481 e. The SMILES string of the molecule is CSC(CC(=O)O)C(=O)NCCOCCOCCOCCOCCOCCOCCC(C)=O. The molecule has 0 aromatic heterocycles.